The Morgan fingerprint density at radius 3 is 2.74 bits per heavy atom. The molecule has 1 heterocycles. The molecule has 0 spiro atoms. The molecule has 0 aliphatic carbocycles. The van der Waals surface area contributed by atoms with Crippen molar-refractivity contribution in [2.75, 3.05) is 17.3 Å². The van der Waals surface area contributed by atoms with E-state index < -0.39 is 5.97 Å². The van der Waals surface area contributed by atoms with Gasteiger partial charge in [-0.3, -0.25) is 4.79 Å². The van der Waals surface area contributed by atoms with Crippen LogP contribution >= 0.6 is 23.2 Å². The van der Waals surface area contributed by atoms with Gasteiger partial charge in [-0.1, -0.05) is 11.6 Å². The number of alkyl halides is 1. The fourth-order valence-electron chi connectivity index (χ4n) is 2.36. The van der Waals surface area contributed by atoms with Crippen LogP contribution in [0.2, 0.25) is 5.02 Å². The average molecular weight is 302 g/mol. The lowest BCUT2D eigenvalue weighted by molar-refractivity contribution is -0.117. The first-order chi connectivity index (χ1) is 8.93. The maximum Gasteiger partial charge on any atom is 0.337 e. The fourth-order valence-corrected chi connectivity index (χ4v) is 2.84. The summed E-state index contributed by atoms with van der Waals surface area (Å²) in [6.45, 7) is 2.19. The first-order valence-electron chi connectivity index (χ1n) is 5.83. The molecular weight excluding hydrogens is 289 g/mol. The number of carboxylic acid groups (broad SMARTS) is 1. The lowest BCUT2D eigenvalue weighted by Gasteiger charge is -2.21. The number of halogens is 2. The number of benzene rings is 1. The number of hydrogen-bond acceptors (Lipinski definition) is 2. The number of carboxylic acids is 1. The highest BCUT2D eigenvalue weighted by molar-refractivity contribution is 6.31. The predicted molar refractivity (Wildman–Crippen MR) is 74.3 cm³/mol. The van der Waals surface area contributed by atoms with Crippen LogP contribution in [0.1, 0.15) is 22.3 Å². The van der Waals surface area contributed by atoms with Crippen LogP contribution in [0.25, 0.3) is 0 Å². The summed E-state index contributed by atoms with van der Waals surface area (Å²) < 4.78 is 0. The zero-order valence-electron chi connectivity index (χ0n) is 10.3. The molecule has 1 atom stereocenters. The molecule has 1 aromatic carbocycles. The van der Waals surface area contributed by atoms with E-state index in [2.05, 4.69) is 0 Å². The van der Waals surface area contributed by atoms with Gasteiger partial charge in [0.1, 0.15) is 0 Å². The Morgan fingerprint density at radius 1 is 1.53 bits per heavy atom. The second-order valence-electron chi connectivity index (χ2n) is 4.65. The van der Waals surface area contributed by atoms with Gasteiger partial charge in [-0.15, -0.1) is 11.6 Å². The summed E-state index contributed by atoms with van der Waals surface area (Å²) in [5.41, 5.74) is 1.15. The Balaban J connectivity index is 2.50. The molecule has 4 nitrogen and oxygen atoms in total. The van der Waals surface area contributed by atoms with Crippen molar-refractivity contribution in [1.29, 1.82) is 0 Å². The van der Waals surface area contributed by atoms with Crippen LogP contribution in [0.4, 0.5) is 5.69 Å². The molecular formula is C13H13Cl2NO3. The third-order valence-corrected chi connectivity index (χ3v) is 3.84. The molecule has 1 aromatic rings. The van der Waals surface area contributed by atoms with Gasteiger partial charge in [0.15, 0.2) is 0 Å². The lowest BCUT2D eigenvalue weighted by Crippen LogP contribution is -2.27. The first kappa shape index (κ1) is 14.2. The van der Waals surface area contributed by atoms with Crippen molar-refractivity contribution in [2.24, 2.45) is 5.92 Å². The van der Waals surface area contributed by atoms with Crippen molar-refractivity contribution in [1.82, 2.24) is 0 Å². The fraction of sp³-hybridized carbons (Fsp3) is 0.385. The highest BCUT2D eigenvalue weighted by atomic mass is 35.5. The SMILES string of the molecule is Cc1cc(Cl)cc(C(=O)O)c1N1CC(CCl)CC1=O. The van der Waals surface area contributed by atoms with Gasteiger partial charge >= 0.3 is 5.97 Å². The molecule has 0 saturated carbocycles. The number of hydrogen-bond donors (Lipinski definition) is 1. The monoisotopic (exact) mass is 301 g/mol. The van der Waals surface area contributed by atoms with Crippen LogP contribution in [-0.2, 0) is 4.79 Å². The number of amides is 1. The van der Waals surface area contributed by atoms with Crippen LogP contribution in [-0.4, -0.2) is 29.4 Å². The standard InChI is InChI=1S/C13H13Cl2NO3/c1-7-2-9(15)4-10(13(18)19)12(7)16-6-8(5-14)3-11(16)17/h2,4,8H,3,5-6H2,1H3,(H,18,19). The number of anilines is 1. The number of rotatable bonds is 3. The number of aromatic carboxylic acids is 1. The van der Waals surface area contributed by atoms with Gasteiger partial charge in [0, 0.05) is 23.9 Å². The minimum absolute atomic E-state index is 0.0496. The largest absolute Gasteiger partial charge is 0.478 e. The van der Waals surface area contributed by atoms with Gasteiger partial charge in [0.05, 0.1) is 11.3 Å². The molecule has 6 heteroatoms. The van der Waals surface area contributed by atoms with E-state index in [1.54, 1.807) is 13.0 Å². The summed E-state index contributed by atoms with van der Waals surface area (Å²) in [6, 6.07) is 3.03. The quantitative estimate of drug-likeness (QED) is 0.873. The molecule has 1 saturated heterocycles. The molecule has 1 aliphatic heterocycles. The van der Waals surface area contributed by atoms with Crippen molar-refractivity contribution < 1.29 is 14.7 Å². The predicted octanol–water partition coefficient (Wildman–Crippen LogP) is 2.94. The van der Waals surface area contributed by atoms with Gasteiger partial charge in [-0.25, -0.2) is 4.79 Å². The molecule has 0 radical (unpaired) electrons. The van der Waals surface area contributed by atoms with E-state index in [9.17, 15) is 14.7 Å². The first-order valence-corrected chi connectivity index (χ1v) is 6.75. The minimum Gasteiger partial charge on any atom is -0.478 e. The van der Waals surface area contributed by atoms with Gasteiger partial charge in [-0.05, 0) is 30.5 Å². The van der Waals surface area contributed by atoms with E-state index in [1.807, 2.05) is 0 Å². The van der Waals surface area contributed by atoms with Crippen LogP contribution in [0.3, 0.4) is 0 Å². The Morgan fingerprint density at radius 2 is 2.21 bits per heavy atom. The van der Waals surface area contributed by atoms with Crippen LogP contribution in [0.5, 0.6) is 0 Å². The van der Waals surface area contributed by atoms with Gasteiger partial charge in [-0.2, -0.15) is 0 Å². The lowest BCUT2D eigenvalue weighted by atomic mass is 10.1. The highest BCUT2D eigenvalue weighted by Gasteiger charge is 2.33. The average Bonchev–Trinajstić information content (AvgIpc) is 2.69. The van der Waals surface area contributed by atoms with Crippen molar-refractivity contribution in [3.05, 3.63) is 28.3 Å². The normalized spacial score (nSPS) is 19.0. The number of carbonyl (C=O) groups excluding carboxylic acids is 1. The Kier molecular flexibility index (Phi) is 4.02. The summed E-state index contributed by atoms with van der Waals surface area (Å²) >= 11 is 11.7. The summed E-state index contributed by atoms with van der Waals surface area (Å²) in [6.07, 6.45) is 0.352. The Hall–Kier alpha value is -1.26. The summed E-state index contributed by atoms with van der Waals surface area (Å²) in [5, 5.41) is 9.61. The number of nitrogens with zero attached hydrogens (tertiary/aromatic N) is 1. The minimum atomic E-state index is -1.09. The van der Waals surface area contributed by atoms with Crippen molar-refractivity contribution >= 4 is 40.8 Å². The second kappa shape index (κ2) is 5.39. The van der Waals surface area contributed by atoms with E-state index in [4.69, 9.17) is 23.2 Å². The van der Waals surface area contributed by atoms with Gasteiger partial charge in [0.2, 0.25) is 5.91 Å². The molecule has 19 heavy (non-hydrogen) atoms. The number of aryl methyl sites for hydroxylation is 1. The van der Waals surface area contributed by atoms with E-state index in [-0.39, 0.29) is 17.4 Å². The topological polar surface area (TPSA) is 57.6 Å². The molecule has 0 bridgehead atoms. The summed E-state index contributed by atoms with van der Waals surface area (Å²) in [7, 11) is 0. The molecule has 1 unspecified atom stereocenters. The Bertz CT molecular complexity index is 545. The third-order valence-electron chi connectivity index (χ3n) is 3.19. The van der Waals surface area contributed by atoms with Crippen LogP contribution < -0.4 is 4.90 Å². The highest BCUT2D eigenvalue weighted by Crippen LogP contribution is 2.33. The molecule has 102 valence electrons. The van der Waals surface area contributed by atoms with Crippen molar-refractivity contribution in [2.45, 2.75) is 13.3 Å². The van der Waals surface area contributed by atoms with Crippen molar-refractivity contribution in [3.8, 4) is 0 Å². The van der Waals surface area contributed by atoms with Crippen LogP contribution in [0, 0.1) is 12.8 Å². The smallest absolute Gasteiger partial charge is 0.337 e. The summed E-state index contributed by atoms with van der Waals surface area (Å²) in [5.74, 6) is -0.746. The molecule has 1 amide bonds. The maximum absolute atomic E-state index is 12.0. The molecule has 1 aliphatic rings. The maximum atomic E-state index is 12.0. The Labute approximate surface area is 120 Å². The second-order valence-corrected chi connectivity index (χ2v) is 5.40. The number of carbonyl (C=O) groups is 2. The van der Waals surface area contributed by atoms with E-state index in [0.29, 0.717) is 35.1 Å². The molecule has 2 rings (SSSR count). The summed E-state index contributed by atoms with van der Waals surface area (Å²) in [4.78, 5) is 24.8. The molecule has 1 N–H and O–H groups in total. The zero-order valence-corrected chi connectivity index (χ0v) is 11.8. The van der Waals surface area contributed by atoms with E-state index >= 15 is 0 Å². The van der Waals surface area contributed by atoms with Gasteiger partial charge < -0.3 is 10.0 Å². The van der Waals surface area contributed by atoms with Crippen molar-refractivity contribution in [3.63, 3.8) is 0 Å². The van der Waals surface area contributed by atoms with E-state index in [1.165, 1.54) is 11.0 Å². The zero-order chi connectivity index (χ0) is 14.2. The third kappa shape index (κ3) is 2.69. The van der Waals surface area contributed by atoms with E-state index in [0.717, 1.165) is 0 Å². The van der Waals surface area contributed by atoms with Gasteiger partial charge in [0.25, 0.3) is 0 Å². The molecule has 0 aromatic heterocycles. The molecule has 1 fully saturated rings. The van der Waals surface area contributed by atoms with Crippen LogP contribution in [0.15, 0.2) is 12.1 Å².